The lowest BCUT2D eigenvalue weighted by molar-refractivity contribution is -0.122. The molecule has 1 amide bonds. The van der Waals surface area contributed by atoms with Gasteiger partial charge in [-0.05, 0) is 30.2 Å². The van der Waals surface area contributed by atoms with Crippen LogP contribution in [0.2, 0.25) is 0 Å². The zero-order valence-electron chi connectivity index (χ0n) is 12.2. The summed E-state index contributed by atoms with van der Waals surface area (Å²) in [4.78, 5) is 12.4. The molecule has 3 rings (SSSR count). The Morgan fingerprint density at radius 2 is 1.91 bits per heavy atom. The van der Waals surface area contributed by atoms with Crippen LogP contribution in [-0.2, 0) is 10.2 Å². The van der Waals surface area contributed by atoms with Gasteiger partial charge < -0.3 is 10.8 Å². The van der Waals surface area contributed by atoms with Gasteiger partial charge >= 0.3 is 0 Å². The molecule has 5 nitrogen and oxygen atoms in total. The molecule has 0 aliphatic heterocycles. The number of nitrogens with one attached hydrogen (secondary N) is 1. The van der Waals surface area contributed by atoms with Gasteiger partial charge in [-0.25, -0.2) is 0 Å². The standard InChI is InChI=1S/C17H17N3O2/c1-2-17(16(18)22,11-7-9-12(21)10-8-11)15-13-5-3-4-6-14(13)19-20-15/h3-10,21H,2H2,1H3,(H2,18,22)(H,19,20). The second-order valence-corrected chi connectivity index (χ2v) is 5.29. The van der Waals surface area contributed by atoms with E-state index >= 15 is 0 Å². The molecule has 0 aliphatic rings. The minimum atomic E-state index is -1.01. The van der Waals surface area contributed by atoms with Gasteiger partial charge in [0.2, 0.25) is 5.91 Å². The number of phenols is 1. The topological polar surface area (TPSA) is 92.0 Å². The molecule has 4 N–H and O–H groups in total. The van der Waals surface area contributed by atoms with Gasteiger partial charge in [0.25, 0.3) is 0 Å². The van der Waals surface area contributed by atoms with E-state index in [1.165, 1.54) is 0 Å². The maximum Gasteiger partial charge on any atom is 0.234 e. The molecule has 0 fully saturated rings. The van der Waals surface area contributed by atoms with Crippen LogP contribution in [0.3, 0.4) is 0 Å². The molecule has 1 aromatic heterocycles. The predicted octanol–water partition coefficient (Wildman–Crippen LogP) is 2.45. The number of rotatable bonds is 4. The number of carbonyl (C=O) groups excluding carboxylic acids is 1. The van der Waals surface area contributed by atoms with Crippen molar-refractivity contribution in [3.63, 3.8) is 0 Å². The summed E-state index contributed by atoms with van der Waals surface area (Å²) >= 11 is 0. The van der Waals surface area contributed by atoms with Crippen molar-refractivity contribution in [2.24, 2.45) is 5.73 Å². The maximum absolute atomic E-state index is 12.4. The zero-order chi connectivity index (χ0) is 15.7. The molecule has 5 heteroatoms. The first kappa shape index (κ1) is 14.1. The van der Waals surface area contributed by atoms with Crippen LogP contribution < -0.4 is 5.73 Å². The number of primary amides is 1. The monoisotopic (exact) mass is 295 g/mol. The molecule has 112 valence electrons. The van der Waals surface area contributed by atoms with E-state index in [9.17, 15) is 9.90 Å². The minimum Gasteiger partial charge on any atom is -0.508 e. The zero-order valence-corrected chi connectivity index (χ0v) is 12.2. The number of hydrogen-bond donors (Lipinski definition) is 3. The third-order valence-electron chi connectivity index (χ3n) is 4.20. The van der Waals surface area contributed by atoms with E-state index in [1.54, 1.807) is 24.3 Å². The number of H-pyrrole nitrogens is 1. The van der Waals surface area contributed by atoms with E-state index in [-0.39, 0.29) is 5.75 Å². The van der Waals surface area contributed by atoms with Crippen molar-refractivity contribution in [3.8, 4) is 5.75 Å². The summed E-state index contributed by atoms with van der Waals surface area (Å²) in [5.74, 6) is -0.303. The summed E-state index contributed by atoms with van der Waals surface area (Å²) in [6, 6.07) is 14.2. The van der Waals surface area contributed by atoms with Crippen molar-refractivity contribution in [2.75, 3.05) is 0 Å². The van der Waals surface area contributed by atoms with Crippen molar-refractivity contribution in [1.29, 1.82) is 0 Å². The van der Waals surface area contributed by atoms with Crippen LogP contribution in [-0.4, -0.2) is 21.2 Å². The highest BCUT2D eigenvalue weighted by Gasteiger charge is 2.41. The number of nitrogens with zero attached hydrogens (tertiary/aromatic N) is 1. The fourth-order valence-corrected chi connectivity index (χ4v) is 3.00. The molecule has 0 aliphatic carbocycles. The smallest absolute Gasteiger partial charge is 0.234 e. The molecule has 0 spiro atoms. The van der Waals surface area contributed by atoms with Gasteiger partial charge in [0.15, 0.2) is 0 Å². The van der Waals surface area contributed by atoms with Gasteiger partial charge in [0.1, 0.15) is 11.2 Å². The van der Waals surface area contributed by atoms with Gasteiger partial charge in [0.05, 0.1) is 11.2 Å². The molecule has 0 saturated heterocycles. The summed E-state index contributed by atoms with van der Waals surface area (Å²) in [7, 11) is 0. The number of hydrogen-bond acceptors (Lipinski definition) is 3. The molecule has 1 atom stereocenters. The van der Waals surface area contributed by atoms with Crippen LogP contribution in [0.1, 0.15) is 24.6 Å². The summed E-state index contributed by atoms with van der Waals surface area (Å²) in [5, 5.41) is 17.6. The van der Waals surface area contributed by atoms with Gasteiger partial charge in [-0.3, -0.25) is 9.89 Å². The Balaban J connectivity index is 2.31. The van der Waals surface area contributed by atoms with E-state index < -0.39 is 11.3 Å². The second kappa shape index (κ2) is 5.18. The molecule has 2 aromatic carbocycles. The van der Waals surface area contributed by atoms with Crippen LogP contribution >= 0.6 is 0 Å². The number of nitrogens with two attached hydrogens (primary N) is 1. The number of fused-ring (bicyclic) bond motifs is 1. The number of para-hydroxylation sites is 1. The van der Waals surface area contributed by atoms with Crippen LogP contribution in [0.4, 0.5) is 0 Å². The van der Waals surface area contributed by atoms with Crippen molar-refractivity contribution in [1.82, 2.24) is 10.2 Å². The molecule has 3 aromatic rings. The first-order chi connectivity index (χ1) is 10.6. The van der Waals surface area contributed by atoms with Crippen molar-refractivity contribution < 1.29 is 9.90 Å². The highest BCUT2D eigenvalue weighted by molar-refractivity contribution is 5.96. The molecule has 1 unspecified atom stereocenters. The second-order valence-electron chi connectivity index (χ2n) is 5.29. The molecule has 0 saturated carbocycles. The van der Waals surface area contributed by atoms with Crippen molar-refractivity contribution >= 4 is 16.8 Å². The number of aromatic hydroxyl groups is 1. The van der Waals surface area contributed by atoms with E-state index in [0.717, 1.165) is 16.5 Å². The molecule has 0 radical (unpaired) electrons. The van der Waals surface area contributed by atoms with E-state index in [1.807, 2.05) is 31.2 Å². The lowest BCUT2D eigenvalue weighted by Gasteiger charge is -2.29. The highest BCUT2D eigenvalue weighted by Crippen LogP contribution is 2.38. The third-order valence-corrected chi connectivity index (χ3v) is 4.20. The van der Waals surface area contributed by atoms with Crippen LogP contribution in [0.25, 0.3) is 10.9 Å². The van der Waals surface area contributed by atoms with Gasteiger partial charge in [-0.1, -0.05) is 37.3 Å². The summed E-state index contributed by atoms with van der Waals surface area (Å²) in [6.07, 6.45) is 0.485. The number of carbonyl (C=O) groups is 1. The van der Waals surface area contributed by atoms with Gasteiger partial charge in [-0.2, -0.15) is 5.10 Å². The Morgan fingerprint density at radius 1 is 1.23 bits per heavy atom. The Labute approximate surface area is 127 Å². The third kappa shape index (κ3) is 1.94. The average molecular weight is 295 g/mol. The van der Waals surface area contributed by atoms with Crippen LogP contribution in [0, 0.1) is 0 Å². The Hall–Kier alpha value is -2.82. The molecule has 1 heterocycles. The maximum atomic E-state index is 12.4. The largest absolute Gasteiger partial charge is 0.508 e. The summed E-state index contributed by atoms with van der Waals surface area (Å²) in [6.45, 7) is 1.91. The lowest BCUT2D eigenvalue weighted by Crippen LogP contribution is -2.42. The number of amides is 1. The van der Waals surface area contributed by atoms with Gasteiger partial charge in [0, 0.05) is 5.39 Å². The first-order valence-corrected chi connectivity index (χ1v) is 7.12. The SMILES string of the molecule is CCC(C(N)=O)(c1ccc(O)cc1)c1[nH]nc2ccccc12. The minimum absolute atomic E-state index is 0.146. The van der Waals surface area contributed by atoms with Crippen molar-refractivity contribution in [2.45, 2.75) is 18.8 Å². The molecule has 0 bridgehead atoms. The van der Waals surface area contributed by atoms with Crippen molar-refractivity contribution in [3.05, 3.63) is 59.8 Å². The van der Waals surface area contributed by atoms with E-state index in [2.05, 4.69) is 10.2 Å². The van der Waals surface area contributed by atoms with Gasteiger partial charge in [-0.15, -0.1) is 0 Å². The highest BCUT2D eigenvalue weighted by atomic mass is 16.3. The number of aromatic nitrogens is 2. The quantitative estimate of drug-likeness (QED) is 0.690. The fraction of sp³-hybridized carbons (Fsp3) is 0.176. The number of benzene rings is 2. The molecular formula is C17H17N3O2. The molecule has 22 heavy (non-hydrogen) atoms. The lowest BCUT2D eigenvalue weighted by atomic mass is 9.73. The summed E-state index contributed by atoms with van der Waals surface area (Å²) in [5.41, 5.74) is 6.98. The number of aromatic amines is 1. The molecular weight excluding hydrogens is 278 g/mol. The Morgan fingerprint density at radius 3 is 2.55 bits per heavy atom. The van der Waals surface area contributed by atoms with E-state index in [0.29, 0.717) is 12.1 Å². The number of phenolic OH excluding ortho intramolecular Hbond substituents is 1. The normalized spacial score (nSPS) is 13.9. The average Bonchev–Trinajstić information content (AvgIpc) is 2.95. The predicted molar refractivity (Wildman–Crippen MR) is 84.5 cm³/mol. The Kier molecular flexibility index (Phi) is 3.33. The first-order valence-electron chi connectivity index (χ1n) is 7.12. The van der Waals surface area contributed by atoms with Crippen LogP contribution in [0.5, 0.6) is 5.75 Å². The van der Waals surface area contributed by atoms with Crippen LogP contribution in [0.15, 0.2) is 48.5 Å². The van der Waals surface area contributed by atoms with E-state index in [4.69, 9.17) is 5.73 Å². The Bertz CT molecular complexity index is 823. The summed E-state index contributed by atoms with van der Waals surface area (Å²) < 4.78 is 0. The fourth-order valence-electron chi connectivity index (χ4n) is 3.00.